The van der Waals surface area contributed by atoms with Gasteiger partial charge in [-0.3, -0.25) is 4.79 Å². The highest BCUT2D eigenvalue weighted by Crippen LogP contribution is 2.66. The van der Waals surface area contributed by atoms with Crippen molar-refractivity contribution in [3.05, 3.63) is 24.2 Å². The zero-order valence-corrected chi connectivity index (χ0v) is 15.7. The quantitative estimate of drug-likeness (QED) is 0.895. The molecule has 136 valence electrons. The van der Waals surface area contributed by atoms with Gasteiger partial charge in [0, 0.05) is 11.8 Å². The second-order valence-electron chi connectivity index (χ2n) is 9.04. The molecule has 1 heterocycles. The van der Waals surface area contributed by atoms with Crippen LogP contribution in [0.15, 0.2) is 23.0 Å². The van der Waals surface area contributed by atoms with Gasteiger partial charge < -0.3 is 9.52 Å². The highest BCUT2D eigenvalue weighted by molar-refractivity contribution is 5.88. The summed E-state index contributed by atoms with van der Waals surface area (Å²) in [5.74, 6) is -0.704. The summed E-state index contributed by atoms with van der Waals surface area (Å²) < 4.78 is 5.16. The van der Waals surface area contributed by atoms with Crippen LogP contribution in [0.25, 0.3) is 0 Å². The van der Waals surface area contributed by atoms with Crippen molar-refractivity contribution in [2.45, 2.75) is 65.9 Å². The molecule has 4 nitrogen and oxygen atoms in total. The van der Waals surface area contributed by atoms with Crippen LogP contribution in [0.1, 0.15) is 58.9 Å². The predicted octanol–water partition coefficient (Wildman–Crippen LogP) is 4.13. The molecule has 1 aromatic rings. The van der Waals surface area contributed by atoms with Crippen LogP contribution in [0.4, 0.5) is 0 Å². The zero-order valence-electron chi connectivity index (χ0n) is 15.7. The van der Waals surface area contributed by atoms with Crippen LogP contribution >= 0.6 is 0 Å². The SMILES string of the molecule is C[C@@H]1[C@@H](O)C(=O)[C@H]2C(C)(C)CCC[C@]2(C)[C@@]1(C#N)CCc1ccoc1. The molecule has 0 amide bonds. The highest BCUT2D eigenvalue weighted by Gasteiger charge is 2.67. The van der Waals surface area contributed by atoms with Gasteiger partial charge in [0.15, 0.2) is 5.78 Å². The maximum absolute atomic E-state index is 13.1. The molecule has 1 aromatic heterocycles. The normalized spacial score (nSPS) is 40.3. The van der Waals surface area contributed by atoms with E-state index in [2.05, 4.69) is 26.8 Å². The summed E-state index contributed by atoms with van der Waals surface area (Å²) in [6.07, 6.45) is 6.50. The Morgan fingerprint density at radius 2 is 2.08 bits per heavy atom. The van der Waals surface area contributed by atoms with Gasteiger partial charge in [-0.25, -0.2) is 0 Å². The molecule has 2 fully saturated rings. The third-order valence-electron chi connectivity index (χ3n) is 7.37. The molecule has 1 N–H and O–H groups in total. The molecule has 0 radical (unpaired) electrons. The van der Waals surface area contributed by atoms with Crippen molar-refractivity contribution in [3.63, 3.8) is 0 Å². The van der Waals surface area contributed by atoms with E-state index in [4.69, 9.17) is 4.42 Å². The minimum atomic E-state index is -1.06. The monoisotopic (exact) mass is 343 g/mol. The summed E-state index contributed by atoms with van der Waals surface area (Å²) in [4.78, 5) is 13.1. The number of carbonyl (C=O) groups is 1. The van der Waals surface area contributed by atoms with Crippen molar-refractivity contribution < 1.29 is 14.3 Å². The number of aliphatic hydroxyl groups is 1. The van der Waals surface area contributed by atoms with Gasteiger partial charge in [-0.05, 0) is 48.1 Å². The Kier molecular flexibility index (Phi) is 4.36. The largest absolute Gasteiger partial charge is 0.472 e. The van der Waals surface area contributed by atoms with Crippen molar-refractivity contribution in [1.82, 2.24) is 0 Å². The minimum absolute atomic E-state index is 0.0612. The third-order valence-corrected chi connectivity index (χ3v) is 7.37. The first kappa shape index (κ1) is 18.2. The first-order valence-electron chi connectivity index (χ1n) is 9.34. The number of fused-ring (bicyclic) bond motifs is 1. The molecule has 25 heavy (non-hydrogen) atoms. The van der Waals surface area contributed by atoms with E-state index in [-0.39, 0.29) is 23.0 Å². The average molecular weight is 343 g/mol. The molecule has 0 saturated heterocycles. The topological polar surface area (TPSA) is 74.2 Å². The molecule has 3 rings (SSSR count). The van der Waals surface area contributed by atoms with Gasteiger partial charge in [0.25, 0.3) is 0 Å². The Balaban J connectivity index is 2.07. The molecule has 5 atom stereocenters. The summed E-state index contributed by atoms with van der Waals surface area (Å²) in [5.41, 5.74) is -0.269. The van der Waals surface area contributed by atoms with Gasteiger partial charge in [-0.15, -0.1) is 0 Å². The molecule has 2 aliphatic carbocycles. The fourth-order valence-corrected chi connectivity index (χ4v) is 6.02. The lowest BCUT2D eigenvalue weighted by Crippen LogP contribution is -2.65. The summed E-state index contributed by atoms with van der Waals surface area (Å²) in [7, 11) is 0. The van der Waals surface area contributed by atoms with E-state index >= 15 is 0 Å². The number of hydrogen-bond acceptors (Lipinski definition) is 4. The summed E-state index contributed by atoms with van der Waals surface area (Å²) in [5, 5.41) is 21.1. The minimum Gasteiger partial charge on any atom is -0.472 e. The maximum atomic E-state index is 13.1. The Bertz CT molecular complexity index is 686. The lowest BCUT2D eigenvalue weighted by molar-refractivity contribution is -0.185. The second kappa shape index (κ2) is 5.99. The van der Waals surface area contributed by atoms with Crippen LogP contribution in [0.3, 0.4) is 0 Å². The lowest BCUT2D eigenvalue weighted by Gasteiger charge is -2.62. The van der Waals surface area contributed by atoms with E-state index in [1.807, 2.05) is 13.0 Å². The molecule has 0 aromatic carbocycles. The third kappa shape index (κ3) is 2.47. The number of nitrogens with zero attached hydrogens (tertiary/aromatic N) is 1. The van der Waals surface area contributed by atoms with Crippen molar-refractivity contribution in [1.29, 1.82) is 5.26 Å². The number of carbonyl (C=O) groups excluding carboxylic acids is 1. The number of Topliss-reactive ketones (excluding diaryl/α,β-unsaturated/α-hetero) is 1. The van der Waals surface area contributed by atoms with E-state index in [1.165, 1.54) is 0 Å². The highest BCUT2D eigenvalue weighted by atomic mass is 16.3. The first-order valence-corrected chi connectivity index (χ1v) is 9.34. The van der Waals surface area contributed by atoms with Crippen LogP contribution < -0.4 is 0 Å². The fourth-order valence-electron chi connectivity index (χ4n) is 6.02. The van der Waals surface area contributed by atoms with Gasteiger partial charge in [-0.1, -0.05) is 34.1 Å². The number of aryl methyl sites for hydroxylation is 1. The van der Waals surface area contributed by atoms with Gasteiger partial charge in [0.2, 0.25) is 0 Å². The fraction of sp³-hybridized carbons (Fsp3) is 0.714. The van der Waals surface area contributed by atoms with Gasteiger partial charge in [0.1, 0.15) is 6.10 Å². The maximum Gasteiger partial charge on any atom is 0.165 e. The smallest absolute Gasteiger partial charge is 0.165 e. The molecule has 0 bridgehead atoms. The average Bonchev–Trinajstić information content (AvgIpc) is 3.06. The number of nitriles is 1. The van der Waals surface area contributed by atoms with E-state index in [1.54, 1.807) is 12.5 Å². The van der Waals surface area contributed by atoms with Crippen molar-refractivity contribution in [3.8, 4) is 6.07 Å². The molecule has 0 aliphatic heterocycles. The van der Waals surface area contributed by atoms with E-state index in [0.29, 0.717) is 6.42 Å². The Hall–Kier alpha value is -1.60. The summed E-state index contributed by atoms with van der Waals surface area (Å²) in [6, 6.07) is 4.54. The van der Waals surface area contributed by atoms with Crippen LogP contribution in [0.5, 0.6) is 0 Å². The lowest BCUT2D eigenvalue weighted by atomic mass is 9.39. The van der Waals surface area contributed by atoms with Crippen LogP contribution in [-0.4, -0.2) is 17.0 Å². The molecule has 0 spiro atoms. The van der Waals surface area contributed by atoms with Gasteiger partial charge in [-0.2, -0.15) is 5.26 Å². The number of rotatable bonds is 3. The molecule has 2 aliphatic rings. The Morgan fingerprint density at radius 1 is 1.36 bits per heavy atom. The molecular weight excluding hydrogens is 314 g/mol. The molecule has 2 saturated carbocycles. The van der Waals surface area contributed by atoms with Crippen LogP contribution in [0, 0.1) is 39.4 Å². The Morgan fingerprint density at radius 3 is 2.68 bits per heavy atom. The first-order chi connectivity index (χ1) is 11.7. The van der Waals surface area contributed by atoms with Gasteiger partial charge in [0.05, 0.1) is 24.0 Å². The molecular formula is C21H29NO3. The number of furan rings is 1. The number of hydrogen-bond donors (Lipinski definition) is 1. The van der Waals surface area contributed by atoms with Crippen LogP contribution in [-0.2, 0) is 11.2 Å². The predicted molar refractivity (Wildman–Crippen MR) is 94.5 cm³/mol. The second-order valence-corrected chi connectivity index (χ2v) is 9.04. The molecule has 4 heteroatoms. The van der Waals surface area contributed by atoms with Crippen molar-refractivity contribution in [2.24, 2.45) is 28.1 Å². The van der Waals surface area contributed by atoms with Crippen molar-refractivity contribution in [2.75, 3.05) is 0 Å². The van der Waals surface area contributed by atoms with E-state index in [0.717, 1.165) is 31.2 Å². The number of aliphatic hydroxyl groups excluding tert-OH is 1. The van der Waals surface area contributed by atoms with Gasteiger partial charge >= 0.3 is 0 Å². The Labute approximate surface area is 150 Å². The molecule has 0 unspecified atom stereocenters. The van der Waals surface area contributed by atoms with E-state index < -0.39 is 16.9 Å². The van der Waals surface area contributed by atoms with Crippen molar-refractivity contribution >= 4 is 5.78 Å². The summed E-state index contributed by atoms with van der Waals surface area (Å²) >= 11 is 0. The van der Waals surface area contributed by atoms with Crippen LogP contribution in [0.2, 0.25) is 0 Å². The zero-order chi connectivity index (χ0) is 18.5. The number of ketones is 1. The van der Waals surface area contributed by atoms with E-state index in [9.17, 15) is 15.2 Å². The standard InChI is InChI=1S/C21H29NO3/c1-14-16(23)17(24)18-19(2,3)8-5-9-20(18,4)21(14,13-22)10-6-15-7-11-25-12-15/h7,11-12,14,16,18,23H,5-6,8-10H2,1-4H3/t14-,16-,18+,20+,21-/m1/s1. The summed E-state index contributed by atoms with van der Waals surface area (Å²) in [6.45, 7) is 8.24.